The van der Waals surface area contributed by atoms with Crippen molar-refractivity contribution in [2.45, 2.75) is 21.8 Å². The minimum atomic E-state index is -1.59. The van der Waals surface area contributed by atoms with Crippen molar-refractivity contribution >= 4 is 64.5 Å². The Hall–Kier alpha value is -4.02. The molecule has 0 saturated carbocycles. The van der Waals surface area contributed by atoms with Gasteiger partial charge in [-0.05, 0) is 23.3 Å². The first-order chi connectivity index (χ1) is 21.5. The Morgan fingerprint density at radius 3 is 2.46 bits per heavy atom. The van der Waals surface area contributed by atoms with Gasteiger partial charge in [-0.15, -0.1) is 27.1 Å². The van der Waals surface area contributed by atoms with Crippen LogP contribution in [0.5, 0.6) is 17.6 Å². The van der Waals surface area contributed by atoms with Crippen LogP contribution in [0.1, 0.15) is 31.9 Å². The summed E-state index contributed by atoms with van der Waals surface area (Å²) in [6.45, 7) is 0. The van der Waals surface area contributed by atoms with Gasteiger partial charge in [0.05, 0.1) is 11.7 Å². The zero-order chi connectivity index (χ0) is 32.4. The summed E-state index contributed by atoms with van der Waals surface area (Å²) >= 11 is 3.35. The van der Waals surface area contributed by atoms with Crippen molar-refractivity contribution in [3.8, 4) is 17.6 Å². The Balaban J connectivity index is 0.00000480. The maximum Gasteiger partial charge on any atom is 1.00 e. The number of phenols is 1. The van der Waals surface area contributed by atoms with Crippen molar-refractivity contribution in [3.63, 3.8) is 0 Å². The number of phenolic OH excluding ortho intramolecular Hbond substituents is 1. The zero-order valence-corrected chi connectivity index (χ0v) is 28.1. The van der Waals surface area contributed by atoms with Crippen LogP contribution >= 0.6 is 34.9 Å². The van der Waals surface area contributed by atoms with Gasteiger partial charge in [0.25, 0.3) is 17.7 Å². The number of β-lactam (4-membered cyclic amide) rings is 1. The van der Waals surface area contributed by atoms with Crippen LogP contribution in [0.2, 0.25) is 0 Å². The Morgan fingerprint density at radius 1 is 1.09 bits per heavy atom. The van der Waals surface area contributed by atoms with Crippen LogP contribution in [-0.4, -0.2) is 105 Å². The average molecular weight is 698 g/mol. The predicted molar refractivity (Wildman–Crippen MR) is 153 cm³/mol. The summed E-state index contributed by atoms with van der Waals surface area (Å²) in [6, 6.07) is 1.63. The molecule has 2 unspecified atom stereocenters. The second-order valence-electron chi connectivity index (χ2n) is 9.16. The summed E-state index contributed by atoms with van der Waals surface area (Å²) in [5.74, 6) is -5.52. The van der Waals surface area contributed by atoms with Gasteiger partial charge in [0.2, 0.25) is 22.5 Å². The van der Waals surface area contributed by atoms with Crippen molar-refractivity contribution in [3.05, 3.63) is 51.8 Å². The number of hydrogen-bond acceptors (Lipinski definition) is 17. The molecule has 1 aromatic carbocycles. The van der Waals surface area contributed by atoms with Crippen molar-refractivity contribution in [2.24, 2.45) is 0 Å². The molecule has 4 amide bonds. The quantitative estimate of drug-likeness (QED) is 0.0657. The van der Waals surface area contributed by atoms with Crippen LogP contribution in [0, 0.1) is 0 Å². The molecule has 0 aliphatic carbocycles. The molecule has 18 nitrogen and oxygen atoms in total. The molecule has 6 N–H and O–H groups in total. The molecule has 3 atom stereocenters. The van der Waals surface area contributed by atoms with E-state index in [0.717, 1.165) is 28.0 Å². The van der Waals surface area contributed by atoms with E-state index in [-0.39, 0.29) is 63.1 Å². The Bertz CT molecular complexity index is 1740. The number of hydrogen-bond donors (Lipinski definition) is 6. The Labute approximate surface area is 292 Å². The number of carboxylic acids is 1. The van der Waals surface area contributed by atoms with E-state index in [0.29, 0.717) is 9.91 Å². The van der Waals surface area contributed by atoms with Crippen LogP contribution in [0.25, 0.3) is 0 Å². The van der Waals surface area contributed by atoms with E-state index >= 15 is 0 Å². The van der Waals surface area contributed by atoms with E-state index in [1.807, 2.05) is 0 Å². The number of nitrogens with zero attached hydrogens (tertiary/aromatic N) is 6. The molecule has 2 aliphatic heterocycles. The number of aromatic hydroxyl groups is 3. The summed E-state index contributed by atoms with van der Waals surface area (Å²) in [4.78, 5) is 67.6. The topological polar surface area (TPSA) is 273 Å². The first-order valence-corrected chi connectivity index (χ1v) is 15.4. The molecule has 2 aromatic heterocycles. The smallest absolute Gasteiger partial charge is 0.543 e. The third kappa shape index (κ3) is 7.18. The molecule has 1 fully saturated rings. The maximum atomic E-state index is 13.5. The van der Waals surface area contributed by atoms with Gasteiger partial charge in [0, 0.05) is 18.6 Å². The molecule has 5 rings (SSSR count). The van der Waals surface area contributed by atoms with Crippen molar-refractivity contribution in [2.75, 3.05) is 18.6 Å². The molecule has 1 saturated heterocycles. The van der Waals surface area contributed by atoms with E-state index in [1.165, 1.54) is 43.1 Å². The standard InChI is InChI=1S/C24H21N9O9S3.Na/c1-25-18(38)19-30-32-24(45-19)44-7-9-6-43-21-13(20(39)33(21)14(9)22(40)41)27-15(35)11(8-2-4-10(34)5-3-8)26-16(36)12-17(37)28-23(42)31-29-12;/h2-5,11,13,21,34H,6-7H2,1H3,(H,25,38)(H,26,36)(H,27,35)(H,40,41)(H2,28,31,37,42);/q;+1/p-1/t11?,13?,21-;/m0./s1. The van der Waals surface area contributed by atoms with E-state index < -0.39 is 64.6 Å². The Kier molecular flexibility index (Phi) is 11.1. The fourth-order valence-electron chi connectivity index (χ4n) is 4.26. The minimum Gasteiger partial charge on any atom is -0.543 e. The summed E-state index contributed by atoms with van der Waals surface area (Å²) in [5.41, 5.74) is -0.502. The largest absolute Gasteiger partial charge is 1.00 e. The second kappa shape index (κ2) is 14.6. The van der Waals surface area contributed by atoms with Crippen LogP contribution < -0.4 is 50.6 Å². The average Bonchev–Trinajstić information content (AvgIpc) is 3.50. The minimum absolute atomic E-state index is 0. The number of benzene rings is 1. The van der Waals surface area contributed by atoms with Gasteiger partial charge in [-0.1, -0.05) is 40.3 Å². The predicted octanol–water partition coefficient (Wildman–Crippen LogP) is -5.13. The van der Waals surface area contributed by atoms with E-state index in [4.69, 9.17) is 0 Å². The van der Waals surface area contributed by atoms with Crippen LogP contribution in [0.4, 0.5) is 0 Å². The zero-order valence-electron chi connectivity index (χ0n) is 23.7. The van der Waals surface area contributed by atoms with Gasteiger partial charge in [-0.2, -0.15) is 4.98 Å². The molecule has 2 aliphatic rings. The molecule has 22 heteroatoms. The van der Waals surface area contributed by atoms with Gasteiger partial charge >= 0.3 is 35.6 Å². The number of fused-ring (bicyclic) bond motifs is 1. The number of thioether (sulfide) groups is 2. The first kappa shape index (κ1) is 34.8. The number of carbonyl (C=O) groups excluding carboxylic acids is 5. The molecule has 0 radical (unpaired) electrons. The monoisotopic (exact) mass is 697 g/mol. The number of amides is 4. The number of rotatable bonds is 10. The number of carboxylic acid groups (broad SMARTS) is 1. The van der Waals surface area contributed by atoms with Gasteiger partial charge < -0.3 is 41.2 Å². The van der Waals surface area contributed by atoms with Gasteiger partial charge in [0.1, 0.15) is 23.2 Å². The van der Waals surface area contributed by atoms with Crippen LogP contribution in [-0.2, 0) is 14.4 Å². The SMILES string of the molecule is CNC(=O)c1nnc(SCC2=C(C(=O)[O-])N3C(=O)C(NC(=O)C(NC(=O)c4nnc(O)nc4O)c4ccc(O)cc4)[C@@H]3SC2)s1.[Na+]. The Morgan fingerprint density at radius 2 is 1.80 bits per heavy atom. The molecular weight excluding hydrogens is 678 g/mol. The van der Waals surface area contributed by atoms with E-state index in [1.54, 1.807) is 0 Å². The summed E-state index contributed by atoms with van der Waals surface area (Å²) < 4.78 is 0.413. The van der Waals surface area contributed by atoms with Gasteiger partial charge in [-0.25, -0.2) is 0 Å². The second-order valence-corrected chi connectivity index (χ2v) is 12.5. The molecule has 234 valence electrons. The molecule has 46 heavy (non-hydrogen) atoms. The summed E-state index contributed by atoms with van der Waals surface area (Å²) in [5, 5.41) is 61.9. The summed E-state index contributed by atoms with van der Waals surface area (Å²) in [7, 11) is 1.45. The van der Waals surface area contributed by atoms with Crippen molar-refractivity contribution < 1.29 is 74.0 Å². The number of nitrogens with one attached hydrogen (secondary N) is 3. The normalized spacial score (nSPS) is 17.6. The van der Waals surface area contributed by atoms with Crippen LogP contribution in [0.15, 0.2) is 39.9 Å². The molecule has 0 bridgehead atoms. The first-order valence-electron chi connectivity index (χ1n) is 12.6. The third-order valence-electron chi connectivity index (χ3n) is 6.37. The van der Waals surface area contributed by atoms with Crippen LogP contribution in [0.3, 0.4) is 0 Å². The molecular formula is C24H20N9NaO9S3. The molecule has 4 heterocycles. The van der Waals surface area contributed by atoms with Crippen molar-refractivity contribution in [1.82, 2.24) is 46.2 Å². The summed E-state index contributed by atoms with van der Waals surface area (Å²) in [6.07, 6.45) is 0. The van der Waals surface area contributed by atoms with Gasteiger partial charge in [-0.3, -0.25) is 24.1 Å². The van der Waals surface area contributed by atoms with E-state index in [2.05, 4.69) is 41.3 Å². The maximum absolute atomic E-state index is 13.5. The molecule has 3 aromatic rings. The van der Waals surface area contributed by atoms with Gasteiger partial charge in [0.15, 0.2) is 4.34 Å². The number of carbonyl (C=O) groups is 5. The molecule has 0 spiro atoms. The fourth-order valence-corrected chi connectivity index (χ4v) is 7.54. The number of aromatic nitrogens is 5. The van der Waals surface area contributed by atoms with E-state index in [9.17, 15) is 44.4 Å². The fraction of sp³-hybridized carbons (Fsp3) is 0.250. The van der Waals surface area contributed by atoms with Crippen molar-refractivity contribution in [1.29, 1.82) is 0 Å². The third-order valence-corrected chi connectivity index (χ3v) is 9.85. The number of aliphatic carboxylic acids is 1.